The van der Waals surface area contributed by atoms with E-state index in [1.807, 2.05) is 6.92 Å². The second kappa shape index (κ2) is 4.82. The van der Waals surface area contributed by atoms with Crippen LogP contribution in [-0.4, -0.2) is 5.78 Å². The van der Waals surface area contributed by atoms with Gasteiger partial charge in [-0.2, -0.15) is 0 Å². The van der Waals surface area contributed by atoms with Crippen molar-refractivity contribution in [3.63, 3.8) is 0 Å². The molecule has 0 atom stereocenters. The molecular weight excluding hydrogens is 317 g/mol. The first-order chi connectivity index (χ1) is 8.40. The fourth-order valence-corrected chi connectivity index (χ4v) is 3.04. The van der Waals surface area contributed by atoms with E-state index >= 15 is 0 Å². The summed E-state index contributed by atoms with van der Waals surface area (Å²) in [7, 11) is 0. The fraction of sp³-hybridized carbons (Fsp3) is 0.154. The molecule has 0 aliphatic heterocycles. The van der Waals surface area contributed by atoms with Crippen molar-refractivity contribution in [1.82, 2.24) is 0 Å². The predicted octanol–water partition coefficient (Wildman–Crippen LogP) is 4.08. The molecule has 2 nitrogen and oxygen atoms in total. The third-order valence-corrected chi connectivity index (χ3v) is 4.86. The Morgan fingerprint density at radius 3 is 2.50 bits per heavy atom. The number of benzene rings is 1. The molecule has 1 aromatic heterocycles. The van der Waals surface area contributed by atoms with Gasteiger partial charge in [-0.3, -0.25) is 4.79 Å². The van der Waals surface area contributed by atoms with Gasteiger partial charge in [0.05, 0.1) is 8.66 Å². The lowest BCUT2D eigenvalue weighted by atomic mass is 10.0. The number of rotatable bonds is 2. The number of ketones is 1. The van der Waals surface area contributed by atoms with Crippen molar-refractivity contribution in [1.29, 1.82) is 0 Å². The number of hydrogen-bond donors (Lipinski definition) is 1. The molecule has 18 heavy (non-hydrogen) atoms. The Balaban J connectivity index is 2.46. The number of halogens is 2. The maximum absolute atomic E-state index is 13.6. The first-order valence-electron chi connectivity index (χ1n) is 5.26. The van der Waals surface area contributed by atoms with Crippen molar-refractivity contribution >= 4 is 38.7 Å². The largest absolute Gasteiger partial charge is 0.398 e. The molecule has 2 rings (SSSR count). The number of carbonyl (C=O) groups excluding carboxylic acids is 1. The maximum Gasteiger partial charge on any atom is 0.203 e. The molecule has 1 heterocycles. The summed E-state index contributed by atoms with van der Waals surface area (Å²) < 4.78 is 14.5. The Morgan fingerprint density at radius 1 is 1.33 bits per heavy atom. The van der Waals surface area contributed by atoms with Gasteiger partial charge in [-0.1, -0.05) is 0 Å². The fourth-order valence-electron chi connectivity index (χ4n) is 1.55. The summed E-state index contributed by atoms with van der Waals surface area (Å²) in [5.74, 6) is -0.662. The number of aryl methyl sites for hydroxylation is 1. The minimum absolute atomic E-state index is 0.209. The Labute approximate surface area is 117 Å². The van der Waals surface area contributed by atoms with Crippen LogP contribution in [-0.2, 0) is 0 Å². The van der Waals surface area contributed by atoms with Crippen LogP contribution in [0.25, 0.3) is 0 Å². The average Bonchev–Trinajstić information content (AvgIpc) is 2.65. The summed E-state index contributed by atoms with van der Waals surface area (Å²) in [6.45, 7) is 3.49. The molecule has 0 bridgehead atoms. The number of thiophene rings is 1. The zero-order valence-corrected chi connectivity index (χ0v) is 12.3. The summed E-state index contributed by atoms with van der Waals surface area (Å²) in [6.07, 6.45) is 0. The molecule has 5 heteroatoms. The van der Waals surface area contributed by atoms with Gasteiger partial charge in [-0.05, 0) is 53.5 Å². The lowest BCUT2D eigenvalue weighted by molar-refractivity contribution is 0.104. The van der Waals surface area contributed by atoms with Crippen LogP contribution < -0.4 is 5.73 Å². The zero-order chi connectivity index (χ0) is 13.4. The number of carbonyl (C=O) groups is 1. The van der Waals surface area contributed by atoms with E-state index in [9.17, 15) is 9.18 Å². The van der Waals surface area contributed by atoms with E-state index in [0.717, 1.165) is 9.35 Å². The quantitative estimate of drug-likeness (QED) is 0.667. The smallest absolute Gasteiger partial charge is 0.203 e. The van der Waals surface area contributed by atoms with Crippen LogP contribution in [0.15, 0.2) is 22.0 Å². The normalized spacial score (nSPS) is 10.7. The number of nitrogen functional groups attached to an aromatic ring is 1. The van der Waals surface area contributed by atoms with Crippen molar-refractivity contribution < 1.29 is 9.18 Å². The molecule has 0 spiro atoms. The van der Waals surface area contributed by atoms with Gasteiger partial charge in [0, 0.05) is 16.8 Å². The summed E-state index contributed by atoms with van der Waals surface area (Å²) in [5, 5.41) is 0. The summed E-state index contributed by atoms with van der Waals surface area (Å²) >= 11 is 4.70. The number of nitrogens with two attached hydrogens (primary N) is 1. The Bertz CT molecular complexity index is 593. The van der Waals surface area contributed by atoms with Crippen molar-refractivity contribution in [2.45, 2.75) is 13.8 Å². The van der Waals surface area contributed by atoms with Gasteiger partial charge >= 0.3 is 0 Å². The molecule has 0 unspecified atom stereocenters. The van der Waals surface area contributed by atoms with Crippen LogP contribution in [0.3, 0.4) is 0 Å². The van der Waals surface area contributed by atoms with Crippen LogP contribution in [0.5, 0.6) is 0 Å². The molecule has 0 radical (unpaired) electrons. The lowest BCUT2D eigenvalue weighted by Crippen LogP contribution is -2.03. The molecule has 2 aromatic rings. The van der Waals surface area contributed by atoms with Crippen LogP contribution in [0, 0.1) is 19.7 Å². The van der Waals surface area contributed by atoms with Gasteiger partial charge < -0.3 is 5.73 Å². The number of hydrogen-bond acceptors (Lipinski definition) is 3. The second-order valence-corrected chi connectivity index (χ2v) is 6.44. The Hall–Kier alpha value is -1.20. The molecule has 1 aromatic carbocycles. The molecule has 2 N–H and O–H groups in total. The van der Waals surface area contributed by atoms with Gasteiger partial charge in [0.15, 0.2) is 0 Å². The Morgan fingerprint density at radius 2 is 2.00 bits per heavy atom. The zero-order valence-electron chi connectivity index (χ0n) is 9.88. The van der Waals surface area contributed by atoms with E-state index in [2.05, 4.69) is 15.9 Å². The number of anilines is 1. The van der Waals surface area contributed by atoms with E-state index in [0.29, 0.717) is 16.1 Å². The van der Waals surface area contributed by atoms with Crippen molar-refractivity contribution in [2.75, 3.05) is 5.73 Å². The highest BCUT2D eigenvalue weighted by Gasteiger charge is 2.16. The van der Waals surface area contributed by atoms with Gasteiger partial charge in [-0.25, -0.2) is 4.39 Å². The Kier molecular flexibility index (Phi) is 3.54. The third-order valence-electron chi connectivity index (χ3n) is 2.73. The van der Waals surface area contributed by atoms with E-state index in [1.54, 1.807) is 13.0 Å². The monoisotopic (exact) mass is 327 g/mol. The average molecular weight is 328 g/mol. The minimum atomic E-state index is -0.453. The summed E-state index contributed by atoms with van der Waals surface area (Å²) in [5.41, 5.74) is 7.61. The van der Waals surface area contributed by atoms with Gasteiger partial charge in [-0.15, -0.1) is 11.3 Å². The van der Waals surface area contributed by atoms with Crippen LogP contribution in [0.2, 0.25) is 0 Å². The van der Waals surface area contributed by atoms with Crippen molar-refractivity contribution in [2.24, 2.45) is 0 Å². The van der Waals surface area contributed by atoms with Crippen molar-refractivity contribution in [3.05, 3.63) is 49.4 Å². The first-order valence-corrected chi connectivity index (χ1v) is 6.87. The van der Waals surface area contributed by atoms with Gasteiger partial charge in [0.2, 0.25) is 5.78 Å². The molecule has 0 aliphatic carbocycles. The standard InChI is InChI=1S/C13H11BrFNOS/c1-6-3-11(18-13(6)14)12(17)8-4-9(15)7(2)10(16)5-8/h3-5H,16H2,1-2H3. The second-order valence-electron chi connectivity index (χ2n) is 4.07. The van der Waals surface area contributed by atoms with Crippen LogP contribution >= 0.6 is 27.3 Å². The summed E-state index contributed by atoms with van der Waals surface area (Å²) in [6, 6.07) is 4.53. The van der Waals surface area contributed by atoms with E-state index in [1.165, 1.54) is 23.5 Å². The van der Waals surface area contributed by atoms with E-state index < -0.39 is 5.82 Å². The summed E-state index contributed by atoms with van der Waals surface area (Å²) in [4.78, 5) is 12.8. The molecule has 0 fully saturated rings. The van der Waals surface area contributed by atoms with Gasteiger partial charge in [0.1, 0.15) is 5.82 Å². The van der Waals surface area contributed by atoms with Crippen LogP contribution in [0.4, 0.5) is 10.1 Å². The highest BCUT2D eigenvalue weighted by atomic mass is 79.9. The molecule has 0 aliphatic rings. The predicted molar refractivity (Wildman–Crippen MR) is 75.7 cm³/mol. The molecule has 0 saturated carbocycles. The molecule has 94 valence electrons. The highest BCUT2D eigenvalue weighted by Crippen LogP contribution is 2.29. The molecule has 0 amide bonds. The lowest BCUT2D eigenvalue weighted by Gasteiger charge is -2.05. The third kappa shape index (κ3) is 2.33. The molecular formula is C13H11BrFNOS. The van der Waals surface area contributed by atoms with Crippen molar-refractivity contribution in [3.8, 4) is 0 Å². The minimum Gasteiger partial charge on any atom is -0.398 e. The van der Waals surface area contributed by atoms with Gasteiger partial charge in [0.25, 0.3) is 0 Å². The maximum atomic E-state index is 13.6. The first kappa shape index (κ1) is 13.2. The van der Waals surface area contributed by atoms with E-state index in [-0.39, 0.29) is 11.3 Å². The highest BCUT2D eigenvalue weighted by molar-refractivity contribution is 9.11. The SMILES string of the molecule is Cc1cc(C(=O)c2cc(N)c(C)c(F)c2)sc1Br. The van der Waals surface area contributed by atoms with Crippen LogP contribution in [0.1, 0.15) is 26.4 Å². The topological polar surface area (TPSA) is 43.1 Å². The van der Waals surface area contributed by atoms with E-state index in [4.69, 9.17) is 5.73 Å². The molecule has 0 saturated heterocycles.